The molecule has 0 radical (unpaired) electrons. The average Bonchev–Trinajstić information content (AvgIpc) is 3.33. The molecule has 3 aromatic carbocycles. The van der Waals surface area contributed by atoms with Gasteiger partial charge in [0.2, 0.25) is 0 Å². The van der Waals surface area contributed by atoms with E-state index < -0.39 is 30.3 Å². The lowest BCUT2D eigenvalue weighted by molar-refractivity contribution is -0.173. The first-order valence-corrected chi connectivity index (χ1v) is 11.9. The van der Waals surface area contributed by atoms with E-state index in [-0.39, 0.29) is 23.5 Å². The predicted octanol–water partition coefficient (Wildman–Crippen LogP) is 6.53. The molecule has 0 bridgehead atoms. The maximum atomic E-state index is 14.0. The highest BCUT2D eigenvalue weighted by Crippen LogP contribution is 2.44. The zero-order chi connectivity index (χ0) is 26.2. The summed E-state index contributed by atoms with van der Waals surface area (Å²) in [6, 6.07) is 19.6. The summed E-state index contributed by atoms with van der Waals surface area (Å²) in [7, 11) is 0. The van der Waals surface area contributed by atoms with E-state index in [1.54, 1.807) is 60.7 Å². The number of carbonyl (C=O) groups is 1. The first kappa shape index (κ1) is 24.9. The van der Waals surface area contributed by atoms with Gasteiger partial charge >= 0.3 is 6.18 Å². The van der Waals surface area contributed by atoms with Gasteiger partial charge in [-0.2, -0.15) is 18.3 Å². The van der Waals surface area contributed by atoms with Crippen LogP contribution < -0.4 is 10.6 Å². The van der Waals surface area contributed by atoms with Crippen LogP contribution in [0.1, 0.15) is 51.7 Å². The Hall–Kier alpha value is -3.82. The fourth-order valence-corrected chi connectivity index (χ4v) is 4.69. The molecular weight excluding hydrogens is 505 g/mol. The number of aromatic nitrogens is 2. The molecule has 4 aromatic rings. The highest BCUT2D eigenvalue weighted by Gasteiger charge is 2.47. The number of nitrogens with zero attached hydrogens (tertiary/aromatic N) is 2. The van der Waals surface area contributed by atoms with E-state index in [9.17, 15) is 23.1 Å². The first-order chi connectivity index (χ1) is 17.7. The Kier molecular flexibility index (Phi) is 6.66. The van der Waals surface area contributed by atoms with Crippen LogP contribution in [0.25, 0.3) is 0 Å². The number of nitrogens with one attached hydrogen (secondary N) is 2. The van der Waals surface area contributed by atoms with Crippen molar-refractivity contribution in [2.45, 2.75) is 30.8 Å². The molecule has 0 spiro atoms. The summed E-state index contributed by atoms with van der Waals surface area (Å²) in [5.74, 6) is -0.703. The average molecular weight is 527 g/mol. The van der Waals surface area contributed by atoms with Crippen LogP contribution in [0, 0.1) is 0 Å². The van der Waals surface area contributed by atoms with Crippen molar-refractivity contribution in [1.29, 1.82) is 0 Å². The highest BCUT2D eigenvalue weighted by atomic mass is 35.5. The van der Waals surface area contributed by atoms with Crippen molar-refractivity contribution >= 4 is 29.0 Å². The molecule has 0 saturated carbocycles. The van der Waals surface area contributed by atoms with Gasteiger partial charge in [-0.15, -0.1) is 0 Å². The van der Waals surface area contributed by atoms with Crippen molar-refractivity contribution in [3.63, 3.8) is 0 Å². The van der Waals surface area contributed by atoms with Gasteiger partial charge in [0, 0.05) is 22.7 Å². The van der Waals surface area contributed by atoms with E-state index >= 15 is 0 Å². The van der Waals surface area contributed by atoms with Crippen LogP contribution >= 0.6 is 11.6 Å². The Morgan fingerprint density at radius 1 is 1.08 bits per heavy atom. The summed E-state index contributed by atoms with van der Waals surface area (Å²) in [6.07, 6.45) is -4.81. The normalized spacial score (nSPS) is 18.0. The smallest absolute Gasteiger partial charge is 0.384 e. The van der Waals surface area contributed by atoms with Gasteiger partial charge in [-0.25, -0.2) is 4.68 Å². The Bertz CT molecular complexity index is 1410. The van der Waals surface area contributed by atoms with Crippen molar-refractivity contribution < 1.29 is 23.1 Å². The van der Waals surface area contributed by atoms with Crippen molar-refractivity contribution in [2.24, 2.45) is 0 Å². The lowest BCUT2D eigenvalue weighted by Crippen LogP contribution is -2.36. The minimum atomic E-state index is -4.56. The van der Waals surface area contributed by atoms with E-state index in [0.29, 0.717) is 21.7 Å². The molecule has 2 heterocycles. The van der Waals surface area contributed by atoms with Crippen LogP contribution in [0.5, 0.6) is 0 Å². The number of benzene rings is 3. The maximum absolute atomic E-state index is 14.0. The number of aliphatic hydroxyl groups excluding tert-OH is 1. The van der Waals surface area contributed by atoms with Gasteiger partial charge in [-0.3, -0.25) is 4.79 Å². The number of anilines is 2. The zero-order valence-corrected chi connectivity index (χ0v) is 20.0. The van der Waals surface area contributed by atoms with Gasteiger partial charge in [0.05, 0.1) is 12.2 Å². The number of aliphatic hydroxyl groups is 1. The molecule has 0 saturated heterocycles. The summed E-state index contributed by atoms with van der Waals surface area (Å²) in [6.45, 7) is 0. The van der Waals surface area contributed by atoms with E-state index in [0.717, 1.165) is 10.9 Å². The molecule has 3 N–H and O–H groups in total. The Balaban J connectivity index is 1.49. The molecule has 1 unspecified atom stereocenters. The van der Waals surface area contributed by atoms with Crippen molar-refractivity contribution in [1.82, 2.24) is 9.78 Å². The summed E-state index contributed by atoms with van der Waals surface area (Å²) in [5.41, 5.74) is 1.82. The standard InChI is InChI=1S/C27H22ClF3N4O2/c28-18-11-12-21(19(13-18)24(36)17-9-5-2-6-10-17)34-26(37)20-15-32-35-23(27(29,30)31)14-22(33-25(20)35)16-7-3-1-4-8-16/h1-13,15,22-24,33,36H,14H2,(H,34,37)/t22-,23+,24?/m1/s1. The number of alkyl halides is 3. The van der Waals surface area contributed by atoms with Crippen LogP contribution in [0.15, 0.2) is 85.1 Å². The minimum absolute atomic E-state index is 0.0287. The third-order valence-corrected chi connectivity index (χ3v) is 6.59. The quantitative estimate of drug-likeness (QED) is 0.276. The Morgan fingerprint density at radius 3 is 2.43 bits per heavy atom. The summed E-state index contributed by atoms with van der Waals surface area (Å²) >= 11 is 6.16. The molecule has 1 aromatic heterocycles. The molecule has 37 heavy (non-hydrogen) atoms. The third-order valence-electron chi connectivity index (χ3n) is 6.36. The van der Waals surface area contributed by atoms with Crippen molar-refractivity contribution in [3.05, 3.63) is 112 Å². The number of hydrogen-bond donors (Lipinski definition) is 3. The SMILES string of the molecule is O=C(Nc1ccc(Cl)cc1C(O)c1ccccc1)c1cnn2c1N[C@@H](c1ccccc1)C[C@H]2C(F)(F)F. The predicted molar refractivity (Wildman–Crippen MR) is 135 cm³/mol. The number of carbonyl (C=O) groups excluding carboxylic acids is 1. The van der Waals surface area contributed by atoms with Crippen LogP contribution in [0.2, 0.25) is 5.02 Å². The molecule has 1 aliphatic rings. The summed E-state index contributed by atoms with van der Waals surface area (Å²) in [4.78, 5) is 13.3. The second-order valence-electron chi connectivity index (χ2n) is 8.75. The fraction of sp³-hybridized carbons (Fsp3) is 0.185. The van der Waals surface area contributed by atoms with E-state index in [1.807, 2.05) is 6.07 Å². The number of amides is 1. The molecule has 1 aliphatic heterocycles. The first-order valence-electron chi connectivity index (χ1n) is 11.5. The second kappa shape index (κ2) is 9.91. The van der Waals surface area contributed by atoms with Crippen molar-refractivity contribution in [3.8, 4) is 0 Å². The highest BCUT2D eigenvalue weighted by molar-refractivity contribution is 6.30. The molecule has 0 fully saturated rings. The van der Waals surface area contributed by atoms with Crippen LogP contribution in [0.3, 0.4) is 0 Å². The summed E-state index contributed by atoms with van der Waals surface area (Å²) in [5, 5.41) is 21.0. The van der Waals surface area contributed by atoms with Gasteiger partial charge < -0.3 is 15.7 Å². The minimum Gasteiger partial charge on any atom is -0.384 e. The molecule has 3 atom stereocenters. The van der Waals surface area contributed by atoms with E-state index in [4.69, 9.17) is 11.6 Å². The molecule has 1 amide bonds. The van der Waals surface area contributed by atoms with Gasteiger partial charge in [-0.1, -0.05) is 72.3 Å². The number of hydrogen-bond acceptors (Lipinski definition) is 4. The molecule has 5 rings (SSSR count). The fourth-order valence-electron chi connectivity index (χ4n) is 4.51. The van der Waals surface area contributed by atoms with Crippen LogP contribution in [-0.4, -0.2) is 27.0 Å². The van der Waals surface area contributed by atoms with Crippen LogP contribution in [-0.2, 0) is 0 Å². The van der Waals surface area contributed by atoms with E-state index in [2.05, 4.69) is 15.7 Å². The molecule has 10 heteroatoms. The van der Waals surface area contributed by atoms with Gasteiger partial charge in [-0.05, 0) is 29.3 Å². The Labute approximate surface area is 215 Å². The topological polar surface area (TPSA) is 79.2 Å². The second-order valence-corrected chi connectivity index (χ2v) is 9.19. The molecular formula is C27H22ClF3N4O2. The van der Waals surface area contributed by atoms with Gasteiger partial charge in [0.1, 0.15) is 17.5 Å². The molecule has 0 aliphatic carbocycles. The van der Waals surface area contributed by atoms with Crippen LogP contribution in [0.4, 0.5) is 24.7 Å². The lowest BCUT2D eigenvalue weighted by Gasteiger charge is -2.34. The number of halogens is 4. The van der Waals surface area contributed by atoms with Crippen molar-refractivity contribution in [2.75, 3.05) is 10.6 Å². The lowest BCUT2D eigenvalue weighted by atomic mass is 9.96. The van der Waals surface area contributed by atoms with E-state index in [1.165, 1.54) is 12.1 Å². The van der Waals surface area contributed by atoms with Gasteiger partial charge in [0.25, 0.3) is 5.91 Å². The Morgan fingerprint density at radius 2 is 1.76 bits per heavy atom. The summed E-state index contributed by atoms with van der Waals surface area (Å²) < 4.78 is 42.7. The van der Waals surface area contributed by atoms with Gasteiger partial charge in [0.15, 0.2) is 6.04 Å². The largest absolute Gasteiger partial charge is 0.410 e. The number of rotatable bonds is 5. The maximum Gasteiger partial charge on any atom is 0.410 e. The number of fused-ring (bicyclic) bond motifs is 1. The third kappa shape index (κ3) is 5.05. The monoisotopic (exact) mass is 526 g/mol. The zero-order valence-electron chi connectivity index (χ0n) is 19.3. The molecule has 190 valence electrons. The molecule has 6 nitrogen and oxygen atoms in total.